The normalized spacial score (nSPS) is 30.0. The Labute approximate surface area is 68.5 Å². The van der Waals surface area contributed by atoms with E-state index in [1.807, 2.05) is 0 Å². The molecule has 0 aromatic rings. The highest BCUT2D eigenvalue weighted by Crippen LogP contribution is 2.44. The lowest BCUT2D eigenvalue weighted by molar-refractivity contribution is 0.314. The minimum Gasteiger partial charge on any atom is -0.271 e. The molecule has 2 aliphatic carbocycles. The van der Waals surface area contributed by atoms with Gasteiger partial charge in [0.25, 0.3) is 0 Å². The summed E-state index contributed by atoms with van der Waals surface area (Å²) in [5, 5.41) is 0. The van der Waals surface area contributed by atoms with Gasteiger partial charge in [0.15, 0.2) is 0 Å². The molecular formula is C9H18N2. The average Bonchev–Trinajstić information content (AvgIpc) is 2.86. The number of hydrogen-bond acceptors (Lipinski definition) is 2. The lowest BCUT2D eigenvalue weighted by Gasteiger charge is -2.22. The molecule has 2 rings (SSSR count). The summed E-state index contributed by atoms with van der Waals surface area (Å²) in [6.45, 7) is 2.35. The molecule has 2 aliphatic rings. The minimum atomic E-state index is 0.613. The molecule has 0 aliphatic heterocycles. The molecule has 2 fully saturated rings. The zero-order valence-corrected chi connectivity index (χ0v) is 7.22. The van der Waals surface area contributed by atoms with E-state index in [0.29, 0.717) is 6.04 Å². The highest BCUT2D eigenvalue weighted by molar-refractivity contribution is 4.93. The van der Waals surface area contributed by atoms with E-state index in [1.54, 1.807) is 0 Å². The smallest absolute Gasteiger partial charge is 0.0267 e. The molecule has 3 N–H and O–H groups in total. The lowest BCUT2D eigenvalue weighted by Crippen LogP contribution is -2.42. The topological polar surface area (TPSA) is 38.0 Å². The largest absolute Gasteiger partial charge is 0.271 e. The van der Waals surface area contributed by atoms with Crippen LogP contribution in [0.25, 0.3) is 0 Å². The fourth-order valence-corrected chi connectivity index (χ4v) is 2.09. The molecule has 2 unspecified atom stereocenters. The first-order valence-electron chi connectivity index (χ1n) is 4.79. The molecule has 2 saturated carbocycles. The maximum absolute atomic E-state index is 5.53. The molecule has 2 atom stereocenters. The van der Waals surface area contributed by atoms with Crippen molar-refractivity contribution in [2.45, 2.75) is 38.6 Å². The summed E-state index contributed by atoms with van der Waals surface area (Å²) in [5.41, 5.74) is 2.99. The zero-order chi connectivity index (χ0) is 7.84. The van der Waals surface area contributed by atoms with E-state index in [-0.39, 0.29) is 0 Å². The van der Waals surface area contributed by atoms with Crippen LogP contribution in [-0.2, 0) is 0 Å². The van der Waals surface area contributed by atoms with Crippen LogP contribution in [0.2, 0.25) is 0 Å². The predicted molar refractivity (Wildman–Crippen MR) is 45.7 cm³/mol. The van der Waals surface area contributed by atoms with E-state index >= 15 is 0 Å². The molecule has 11 heavy (non-hydrogen) atoms. The van der Waals surface area contributed by atoms with Gasteiger partial charge in [-0.1, -0.05) is 6.92 Å². The van der Waals surface area contributed by atoms with Crippen molar-refractivity contribution in [3.05, 3.63) is 0 Å². The van der Waals surface area contributed by atoms with E-state index in [9.17, 15) is 0 Å². The Morgan fingerprint density at radius 1 is 1.18 bits per heavy atom. The summed E-state index contributed by atoms with van der Waals surface area (Å²) < 4.78 is 0. The quantitative estimate of drug-likeness (QED) is 0.473. The van der Waals surface area contributed by atoms with Crippen LogP contribution in [0.5, 0.6) is 0 Å². The summed E-state index contributed by atoms with van der Waals surface area (Å²) in [6, 6.07) is 0.613. The molecule has 0 aromatic carbocycles. The average molecular weight is 154 g/mol. The molecule has 64 valence electrons. The summed E-state index contributed by atoms with van der Waals surface area (Å²) in [5.74, 6) is 8.22. The molecule has 0 spiro atoms. The van der Waals surface area contributed by atoms with Gasteiger partial charge in [-0.25, -0.2) is 0 Å². The van der Waals surface area contributed by atoms with Gasteiger partial charge in [0, 0.05) is 6.04 Å². The van der Waals surface area contributed by atoms with Crippen LogP contribution in [-0.4, -0.2) is 6.04 Å². The van der Waals surface area contributed by atoms with Crippen molar-refractivity contribution in [3.63, 3.8) is 0 Å². The first-order valence-corrected chi connectivity index (χ1v) is 4.79. The third-order valence-corrected chi connectivity index (χ3v) is 3.25. The number of nitrogens with two attached hydrogens (primary N) is 1. The van der Waals surface area contributed by atoms with E-state index in [0.717, 1.165) is 17.8 Å². The number of hydrogen-bond donors (Lipinski definition) is 2. The molecule has 0 saturated heterocycles. The highest BCUT2D eigenvalue weighted by atomic mass is 15.2. The second-order valence-electron chi connectivity index (χ2n) is 4.23. The van der Waals surface area contributed by atoms with Crippen LogP contribution in [0.4, 0.5) is 0 Å². The van der Waals surface area contributed by atoms with Gasteiger partial charge in [-0.15, -0.1) is 0 Å². The Morgan fingerprint density at radius 2 is 1.73 bits per heavy atom. The van der Waals surface area contributed by atoms with Crippen LogP contribution < -0.4 is 11.3 Å². The van der Waals surface area contributed by atoms with Gasteiger partial charge in [-0.3, -0.25) is 11.3 Å². The molecule has 0 amide bonds. The second kappa shape index (κ2) is 2.76. The van der Waals surface area contributed by atoms with E-state index < -0.39 is 0 Å². The molecule has 2 nitrogen and oxygen atoms in total. The van der Waals surface area contributed by atoms with Gasteiger partial charge < -0.3 is 0 Å². The SMILES string of the molecule is CC(C1CC1)C(NN)C1CC1. The number of hydrazine groups is 1. The standard InChI is InChI=1S/C9H18N2/c1-6(7-2-3-7)9(11-10)8-4-5-8/h6-9,11H,2-5,10H2,1H3. The monoisotopic (exact) mass is 154 g/mol. The first-order chi connectivity index (χ1) is 5.33. The van der Waals surface area contributed by atoms with Crippen LogP contribution in [0.3, 0.4) is 0 Å². The van der Waals surface area contributed by atoms with E-state index in [1.165, 1.54) is 25.7 Å². The molecular weight excluding hydrogens is 136 g/mol. The van der Waals surface area contributed by atoms with Crippen molar-refractivity contribution >= 4 is 0 Å². The number of rotatable bonds is 4. The summed E-state index contributed by atoms with van der Waals surface area (Å²) >= 11 is 0. The van der Waals surface area contributed by atoms with Crippen LogP contribution in [0.15, 0.2) is 0 Å². The third kappa shape index (κ3) is 1.57. The van der Waals surface area contributed by atoms with Gasteiger partial charge in [0.05, 0.1) is 0 Å². The van der Waals surface area contributed by atoms with Crippen molar-refractivity contribution < 1.29 is 0 Å². The molecule has 0 aromatic heterocycles. The molecule has 2 heteroatoms. The van der Waals surface area contributed by atoms with Crippen LogP contribution >= 0.6 is 0 Å². The van der Waals surface area contributed by atoms with Crippen LogP contribution in [0.1, 0.15) is 32.6 Å². The maximum atomic E-state index is 5.53. The Hall–Kier alpha value is -0.0800. The Balaban J connectivity index is 1.86. The van der Waals surface area contributed by atoms with Gasteiger partial charge in [0.2, 0.25) is 0 Å². The van der Waals surface area contributed by atoms with E-state index in [2.05, 4.69) is 12.3 Å². The summed E-state index contributed by atoms with van der Waals surface area (Å²) in [4.78, 5) is 0. The lowest BCUT2D eigenvalue weighted by atomic mass is 9.93. The van der Waals surface area contributed by atoms with Crippen molar-refractivity contribution in [3.8, 4) is 0 Å². The molecule has 0 bridgehead atoms. The minimum absolute atomic E-state index is 0.613. The van der Waals surface area contributed by atoms with Crippen molar-refractivity contribution in [1.82, 2.24) is 5.43 Å². The van der Waals surface area contributed by atoms with Crippen LogP contribution in [0, 0.1) is 17.8 Å². The fraction of sp³-hybridized carbons (Fsp3) is 1.00. The maximum Gasteiger partial charge on any atom is 0.0267 e. The van der Waals surface area contributed by atoms with Gasteiger partial charge >= 0.3 is 0 Å². The predicted octanol–water partition coefficient (Wildman–Crippen LogP) is 1.27. The van der Waals surface area contributed by atoms with Crippen molar-refractivity contribution in [2.75, 3.05) is 0 Å². The van der Waals surface area contributed by atoms with Gasteiger partial charge in [-0.05, 0) is 43.4 Å². The Kier molecular flexibility index (Phi) is 1.90. The second-order valence-corrected chi connectivity index (χ2v) is 4.23. The van der Waals surface area contributed by atoms with Crippen molar-refractivity contribution in [1.29, 1.82) is 0 Å². The summed E-state index contributed by atoms with van der Waals surface area (Å²) in [6.07, 6.45) is 5.66. The molecule has 0 radical (unpaired) electrons. The third-order valence-electron chi connectivity index (χ3n) is 3.25. The highest BCUT2D eigenvalue weighted by Gasteiger charge is 2.40. The fourth-order valence-electron chi connectivity index (χ4n) is 2.09. The molecule has 0 heterocycles. The van der Waals surface area contributed by atoms with Crippen molar-refractivity contribution in [2.24, 2.45) is 23.6 Å². The summed E-state index contributed by atoms with van der Waals surface area (Å²) in [7, 11) is 0. The van der Waals surface area contributed by atoms with Gasteiger partial charge in [-0.2, -0.15) is 0 Å². The Morgan fingerprint density at radius 3 is 2.09 bits per heavy atom. The first kappa shape index (κ1) is 7.56. The van der Waals surface area contributed by atoms with Gasteiger partial charge in [0.1, 0.15) is 0 Å². The Bertz CT molecular complexity index is 138. The zero-order valence-electron chi connectivity index (χ0n) is 7.22. The number of nitrogens with one attached hydrogen (secondary N) is 1. The van der Waals surface area contributed by atoms with E-state index in [4.69, 9.17) is 5.84 Å².